The van der Waals surface area contributed by atoms with Crippen LogP contribution in [0.4, 0.5) is 9.18 Å². The Bertz CT molecular complexity index is 1560. The molecule has 0 spiro atoms. The minimum Gasteiger partial charge on any atom is -0.480 e. The highest BCUT2D eigenvalue weighted by Gasteiger charge is 2.85. The number of aliphatic carboxylic acids is 1. The second-order valence-corrected chi connectivity index (χ2v) is 14.6. The average molecular weight is 674 g/mol. The molecule has 3 aromatic rings. The highest BCUT2D eigenvalue weighted by atomic mass is 19.1. The van der Waals surface area contributed by atoms with E-state index in [9.17, 15) is 19.8 Å². The summed E-state index contributed by atoms with van der Waals surface area (Å²) in [7, 11) is 0. The maximum absolute atomic E-state index is 17.5. The molecule has 0 aromatic carbocycles. The lowest BCUT2D eigenvalue weighted by Gasteiger charge is -2.76. The number of nitrogens with one attached hydrogen (secondary N) is 1. The molecule has 262 valence electrons. The maximum atomic E-state index is 17.5. The van der Waals surface area contributed by atoms with E-state index in [0.717, 1.165) is 38.5 Å². The topological polar surface area (TPSA) is 148 Å². The van der Waals surface area contributed by atoms with Crippen molar-refractivity contribution >= 4 is 12.1 Å². The van der Waals surface area contributed by atoms with Gasteiger partial charge in [-0.05, 0) is 69.1 Å². The summed E-state index contributed by atoms with van der Waals surface area (Å²) in [4.78, 5) is 47.5. The summed E-state index contributed by atoms with van der Waals surface area (Å²) in [6.45, 7) is 0.713. The molecule has 11 nitrogen and oxygen atoms in total. The third-order valence-corrected chi connectivity index (χ3v) is 12.4. The third kappa shape index (κ3) is 4.54. The number of hydrogen-bond donors (Lipinski definition) is 3. The van der Waals surface area contributed by atoms with Gasteiger partial charge in [0, 0.05) is 42.9 Å². The van der Waals surface area contributed by atoms with Crippen LogP contribution in [0.15, 0.2) is 55.2 Å². The first-order valence-corrected chi connectivity index (χ1v) is 18.2. The van der Waals surface area contributed by atoms with Crippen LogP contribution in [-0.2, 0) is 15.9 Å². The molecule has 3 aromatic heterocycles. The molecule has 4 atom stereocenters. The Balaban J connectivity index is 1.77. The summed E-state index contributed by atoms with van der Waals surface area (Å²) in [5.74, 6) is -1.97. The quantitative estimate of drug-likeness (QED) is 0.214. The number of aromatic amines is 1. The zero-order chi connectivity index (χ0) is 34.3. The molecule has 4 heterocycles. The standard InChI is InChI=1S/C37H48FN7O4/c1-2-19-34(26-11-5-3-6-12-26)36(29-15-9-10-20-40-29,31-24-39-22-23-41-31)35(25-38,32(46)47)44(28-13-7-4-8-14-28)37(27-16-17-27,45(34)33(48)49)30-18-21-42-43-30/h9-10,15,18,20-24,26-28H,2-8,11-14,16-17,19,25H2,1H3,(H,42,43)(H,46,47)(H,48,49). The van der Waals surface area contributed by atoms with Crippen molar-refractivity contribution in [3.05, 3.63) is 72.3 Å². The highest BCUT2D eigenvalue weighted by molar-refractivity contribution is 5.86. The van der Waals surface area contributed by atoms with Crippen LogP contribution < -0.4 is 0 Å². The zero-order valence-corrected chi connectivity index (χ0v) is 28.3. The van der Waals surface area contributed by atoms with Crippen molar-refractivity contribution in [1.29, 1.82) is 0 Å². The van der Waals surface area contributed by atoms with Gasteiger partial charge in [0.1, 0.15) is 17.8 Å². The van der Waals surface area contributed by atoms with Gasteiger partial charge in [-0.25, -0.2) is 9.18 Å². The molecule has 1 aliphatic heterocycles. The zero-order valence-electron chi connectivity index (χ0n) is 28.3. The number of H-pyrrole nitrogens is 1. The van der Waals surface area contributed by atoms with Gasteiger partial charge >= 0.3 is 12.1 Å². The van der Waals surface area contributed by atoms with Gasteiger partial charge in [0.15, 0.2) is 5.54 Å². The van der Waals surface area contributed by atoms with Crippen LogP contribution in [-0.4, -0.2) is 81.0 Å². The van der Waals surface area contributed by atoms with Crippen molar-refractivity contribution in [1.82, 2.24) is 34.9 Å². The number of carboxylic acid groups (broad SMARTS) is 2. The van der Waals surface area contributed by atoms with Crippen LogP contribution in [0.1, 0.15) is 114 Å². The number of carboxylic acids is 1. The lowest BCUT2D eigenvalue weighted by molar-refractivity contribution is -0.285. The second kappa shape index (κ2) is 13.1. The second-order valence-electron chi connectivity index (χ2n) is 14.6. The number of carbonyl (C=O) groups is 2. The molecule has 7 rings (SSSR count). The Labute approximate surface area is 286 Å². The molecule has 4 aliphatic rings. The molecule has 4 unspecified atom stereocenters. The molecule has 3 saturated carbocycles. The van der Waals surface area contributed by atoms with Gasteiger partial charge < -0.3 is 10.2 Å². The number of aromatic nitrogens is 5. The summed E-state index contributed by atoms with van der Waals surface area (Å²) < 4.78 is 17.5. The number of alkyl halides is 1. The first kappa shape index (κ1) is 33.6. The molecule has 3 N–H and O–H groups in total. The van der Waals surface area contributed by atoms with Crippen LogP contribution in [0.5, 0.6) is 0 Å². The van der Waals surface area contributed by atoms with Gasteiger partial charge in [-0.2, -0.15) is 5.10 Å². The summed E-state index contributed by atoms with van der Waals surface area (Å²) in [6, 6.07) is 6.63. The Kier molecular flexibility index (Phi) is 8.96. The van der Waals surface area contributed by atoms with E-state index in [1.807, 2.05) is 11.8 Å². The first-order valence-electron chi connectivity index (χ1n) is 18.2. The molecule has 4 fully saturated rings. The van der Waals surface area contributed by atoms with E-state index in [2.05, 4.69) is 15.2 Å². The third-order valence-electron chi connectivity index (χ3n) is 12.4. The first-order chi connectivity index (χ1) is 23.9. The molecule has 1 saturated heterocycles. The largest absolute Gasteiger partial charge is 0.480 e. The van der Waals surface area contributed by atoms with Crippen LogP contribution in [0, 0.1) is 11.8 Å². The van der Waals surface area contributed by atoms with Crippen molar-refractivity contribution in [3.8, 4) is 0 Å². The summed E-state index contributed by atoms with van der Waals surface area (Å²) in [6.07, 6.45) is 16.6. The Hall–Kier alpha value is -3.93. The van der Waals surface area contributed by atoms with E-state index in [1.165, 1.54) is 18.6 Å². The van der Waals surface area contributed by atoms with E-state index in [0.29, 0.717) is 56.3 Å². The fraction of sp³-hybridized carbons (Fsp3) is 0.622. The van der Waals surface area contributed by atoms with Crippen LogP contribution in [0.2, 0.25) is 0 Å². The molecule has 1 amide bonds. The number of hydrogen-bond acceptors (Lipinski definition) is 7. The normalized spacial score (nSPS) is 31.8. The predicted molar refractivity (Wildman–Crippen MR) is 179 cm³/mol. The van der Waals surface area contributed by atoms with Gasteiger partial charge in [-0.3, -0.25) is 34.6 Å². The predicted octanol–water partition coefficient (Wildman–Crippen LogP) is 6.68. The van der Waals surface area contributed by atoms with Gasteiger partial charge in [-0.15, -0.1) is 0 Å². The lowest BCUT2D eigenvalue weighted by atomic mass is 9.44. The van der Waals surface area contributed by atoms with E-state index in [-0.39, 0.29) is 24.0 Å². The summed E-state index contributed by atoms with van der Waals surface area (Å²) >= 11 is 0. The van der Waals surface area contributed by atoms with E-state index in [1.54, 1.807) is 41.6 Å². The minimum atomic E-state index is -2.34. The monoisotopic (exact) mass is 673 g/mol. The number of nitrogens with zero attached hydrogens (tertiary/aromatic N) is 6. The van der Waals surface area contributed by atoms with Crippen molar-refractivity contribution in [2.45, 2.75) is 125 Å². The molecule has 49 heavy (non-hydrogen) atoms. The highest BCUT2D eigenvalue weighted by Crippen LogP contribution is 2.71. The number of pyridine rings is 1. The molecule has 0 bridgehead atoms. The Morgan fingerprint density at radius 2 is 1.59 bits per heavy atom. The van der Waals surface area contributed by atoms with Crippen LogP contribution in [0.25, 0.3) is 0 Å². The summed E-state index contributed by atoms with van der Waals surface area (Å²) in [5.41, 5.74) is -6.30. The number of amides is 1. The SMILES string of the molecule is CCCC1(C2CCCCC2)N(C(=O)O)C(c2ccn[nH]2)(C2CC2)N(C2CCCCC2)C(CF)(C(=O)O)C1(c1ccccn1)c1cnccn1. The molecular formula is C37H48FN7O4. The Morgan fingerprint density at radius 3 is 2.12 bits per heavy atom. The number of rotatable bonds is 10. The summed E-state index contributed by atoms with van der Waals surface area (Å²) in [5, 5.41) is 31.7. The van der Waals surface area contributed by atoms with Crippen molar-refractivity contribution in [2.24, 2.45) is 11.8 Å². The average Bonchev–Trinajstić information content (AvgIpc) is 3.85. The van der Waals surface area contributed by atoms with Gasteiger partial charge in [-0.1, -0.05) is 57.9 Å². The fourth-order valence-electron chi connectivity index (χ4n) is 11.0. The molecular weight excluding hydrogens is 625 g/mol. The van der Waals surface area contributed by atoms with Gasteiger partial charge in [0.05, 0.1) is 22.6 Å². The minimum absolute atomic E-state index is 0.230. The molecule has 3 aliphatic carbocycles. The van der Waals surface area contributed by atoms with E-state index >= 15 is 4.39 Å². The lowest BCUT2D eigenvalue weighted by Crippen LogP contribution is -2.93. The Morgan fingerprint density at radius 1 is 0.878 bits per heavy atom. The maximum Gasteiger partial charge on any atom is 0.409 e. The van der Waals surface area contributed by atoms with E-state index in [4.69, 9.17) is 9.97 Å². The van der Waals surface area contributed by atoms with Gasteiger partial charge in [0.2, 0.25) is 0 Å². The smallest absolute Gasteiger partial charge is 0.409 e. The van der Waals surface area contributed by atoms with Crippen LogP contribution >= 0.6 is 0 Å². The van der Waals surface area contributed by atoms with Gasteiger partial charge in [0.25, 0.3) is 0 Å². The van der Waals surface area contributed by atoms with E-state index < -0.39 is 46.9 Å². The van der Waals surface area contributed by atoms with Crippen molar-refractivity contribution < 1.29 is 24.2 Å². The number of halogens is 1. The van der Waals surface area contributed by atoms with Crippen LogP contribution in [0.3, 0.4) is 0 Å². The molecule has 12 heteroatoms. The fourth-order valence-corrected chi connectivity index (χ4v) is 11.0. The molecule has 0 radical (unpaired) electrons. The van der Waals surface area contributed by atoms with Crippen molar-refractivity contribution in [2.75, 3.05) is 6.67 Å². The van der Waals surface area contributed by atoms with Crippen molar-refractivity contribution in [3.63, 3.8) is 0 Å².